The number of halogens is 1. The maximum absolute atomic E-state index is 13.0. The van der Waals surface area contributed by atoms with Crippen LogP contribution in [0, 0.1) is 0 Å². The smallest absolute Gasteiger partial charge is 0.301 e. The Morgan fingerprint density at radius 2 is 1.68 bits per heavy atom. The second-order valence-electron chi connectivity index (χ2n) is 14.6. The monoisotopic (exact) mass is 659 g/mol. The molecule has 0 aliphatic carbocycles. The molecule has 44 heavy (non-hydrogen) atoms. The highest BCUT2D eigenvalue weighted by atomic mass is 35.5. The number of ketones is 1. The summed E-state index contributed by atoms with van der Waals surface area (Å²) in [5.41, 5.74) is 2.21. The van der Waals surface area contributed by atoms with Gasteiger partial charge in [0.25, 0.3) is 0 Å². The van der Waals surface area contributed by atoms with Gasteiger partial charge in [0.2, 0.25) is 0 Å². The Morgan fingerprint density at radius 3 is 2.34 bits per heavy atom. The molecule has 240 valence electrons. The second-order valence-corrected chi connectivity index (χ2v) is 25.3. The van der Waals surface area contributed by atoms with Crippen LogP contribution < -0.4 is 4.74 Å². The lowest BCUT2D eigenvalue weighted by atomic mass is 10.1. The number of aromatic nitrogens is 3. The maximum atomic E-state index is 13.0. The van der Waals surface area contributed by atoms with Crippen molar-refractivity contribution in [1.82, 2.24) is 14.5 Å². The fraction of sp³-hybridized carbons (Fsp3) is 0.594. The topological polar surface area (TPSA) is 93.9 Å². The van der Waals surface area contributed by atoms with Gasteiger partial charge in [-0.05, 0) is 30.2 Å². The normalized spacial score (nSPS) is 22.5. The van der Waals surface area contributed by atoms with Gasteiger partial charge in [0.1, 0.15) is 24.5 Å². The van der Waals surface area contributed by atoms with Gasteiger partial charge in [-0.2, -0.15) is 4.98 Å². The predicted molar refractivity (Wildman–Crippen MR) is 177 cm³/mol. The number of benzene rings is 1. The molecule has 0 bridgehead atoms. The molecular formula is C32H46ClN3O6Si2. The summed E-state index contributed by atoms with van der Waals surface area (Å²) in [6.07, 6.45) is -0.923. The van der Waals surface area contributed by atoms with Gasteiger partial charge >= 0.3 is 6.01 Å². The Kier molecular flexibility index (Phi) is 9.77. The minimum atomic E-state index is -2.01. The van der Waals surface area contributed by atoms with E-state index in [4.69, 9.17) is 44.9 Å². The van der Waals surface area contributed by atoms with E-state index in [-0.39, 0.29) is 48.4 Å². The molecule has 4 heterocycles. The lowest BCUT2D eigenvalue weighted by Crippen LogP contribution is -2.47. The molecule has 1 aromatic carbocycles. The summed E-state index contributed by atoms with van der Waals surface area (Å²) in [5, 5.41) is 0.463. The fourth-order valence-corrected chi connectivity index (χ4v) is 7.39. The minimum Gasteiger partial charge on any atom is -0.456 e. The van der Waals surface area contributed by atoms with Gasteiger partial charge < -0.3 is 23.4 Å². The van der Waals surface area contributed by atoms with E-state index in [0.29, 0.717) is 53.3 Å². The first-order chi connectivity index (χ1) is 20.6. The van der Waals surface area contributed by atoms with Crippen LogP contribution >= 0.6 is 11.6 Å². The summed E-state index contributed by atoms with van der Waals surface area (Å²) in [4.78, 5) is 22.6. The third kappa shape index (κ3) is 7.46. The SMILES string of the molecule is CC(C)(C)[Si](C)(C)O[C@@H]1CO[C@H]2[C@@H]1OC[C@H]2Oc1nc2cc(Cl)c(CC(=O)c3ccccc3)nc2n1COCC[Si](C)(C)C. The van der Waals surface area contributed by atoms with Crippen LogP contribution in [0.3, 0.4) is 0 Å². The highest BCUT2D eigenvalue weighted by Gasteiger charge is 2.52. The standard InChI is InChI=1S/C32H46ClN3O6Si2/c1-32(2,3)44(7,8)42-27-19-40-28-26(18-39-29(27)28)41-31-35-24-16-22(33)23(17-25(37)21-12-10-9-11-13-21)34-30(24)36(31)20-38-14-15-43(4,5)6/h9-13,16,26-29H,14-15,17-20H2,1-8H3/t26-,27-,28-,29-/m1/s1. The van der Waals surface area contributed by atoms with E-state index in [1.807, 2.05) is 22.8 Å². The van der Waals surface area contributed by atoms with Crippen molar-refractivity contribution in [1.29, 1.82) is 0 Å². The van der Waals surface area contributed by atoms with Crippen LogP contribution in [0.5, 0.6) is 6.01 Å². The van der Waals surface area contributed by atoms with E-state index in [0.717, 1.165) is 6.04 Å². The number of pyridine rings is 1. The van der Waals surface area contributed by atoms with Crippen LogP contribution in [0.15, 0.2) is 36.4 Å². The van der Waals surface area contributed by atoms with Crippen LogP contribution in [0.25, 0.3) is 11.2 Å². The average molecular weight is 660 g/mol. The Labute approximate surface area is 267 Å². The van der Waals surface area contributed by atoms with E-state index in [1.165, 1.54) is 0 Å². The Balaban J connectivity index is 1.38. The Bertz CT molecular complexity index is 1470. The zero-order chi connectivity index (χ0) is 31.9. The quantitative estimate of drug-likeness (QED) is 0.120. The van der Waals surface area contributed by atoms with Crippen LogP contribution in [0.4, 0.5) is 0 Å². The van der Waals surface area contributed by atoms with E-state index in [9.17, 15) is 4.79 Å². The molecule has 0 unspecified atom stereocenters. The molecule has 9 nitrogen and oxygen atoms in total. The number of carbonyl (C=O) groups excluding carboxylic acids is 1. The molecule has 0 saturated carbocycles. The number of fused-ring (bicyclic) bond motifs is 2. The number of hydrogen-bond acceptors (Lipinski definition) is 8. The van der Waals surface area contributed by atoms with Crippen molar-refractivity contribution < 1.29 is 28.2 Å². The van der Waals surface area contributed by atoms with Gasteiger partial charge in [-0.25, -0.2) is 4.98 Å². The van der Waals surface area contributed by atoms with Crippen molar-refractivity contribution in [3.63, 3.8) is 0 Å². The number of nitrogens with zero attached hydrogens (tertiary/aromatic N) is 3. The van der Waals surface area contributed by atoms with Crippen LogP contribution in [0.1, 0.15) is 36.8 Å². The third-order valence-electron chi connectivity index (χ3n) is 8.82. The largest absolute Gasteiger partial charge is 0.456 e. The summed E-state index contributed by atoms with van der Waals surface area (Å²) in [7, 11) is -3.30. The second kappa shape index (κ2) is 12.9. The lowest BCUT2D eigenvalue weighted by Gasteiger charge is -2.39. The summed E-state index contributed by atoms with van der Waals surface area (Å²) >= 11 is 6.64. The van der Waals surface area contributed by atoms with Gasteiger partial charge in [-0.3, -0.25) is 9.36 Å². The molecule has 2 fully saturated rings. The van der Waals surface area contributed by atoms with Crippen molar-refractivity contribution in [2.75, 3.05) is 19.8 Å². The minimum absolute atomic E-state index is 0.0599. The van der Waals surface area contributed by atoms with Gasteiger partial charge in [0.15, 0.2) is 25.9 Å². The highest BCUT2D eigenvalue weighted by molar-refractivity contribution is 6.76. The molecule has 0 spiro atoms. The third-order valence-corrected chi connectivity index (χ3v) is 15.4. The van der Waals surface area contributed by atoms with Crippen molar-refractivity contribution in [2.45, 2.75) is 102 Å². The van der Waals surface area contributed by atoms with Crippen LogP contribution in [-0.2, 0) is 31.8 Å². The number of imidazole rings is 1. The molecule has 2 saturated heterocycles. The Hall–Kier alpha value is -2.13. The molecule has 4 atom stereocenters. The van der Waals surface area contributed by atoms with Gasteiger partial charge in [0, 0.05) is 20.2 Å². The summed E-state index contributed by atoms with van der Waals surface area (Å²) in [5.74, 6) is -0.0599. The summed E-state index contributed by atoms with van der Waals surface area (Å²) < 4.78 is 33.6. The molecule has 0 N–H and O–H groups in total. The molecular weight excluding hydrogens is 614 g/mol. The van der Waals surface area contributed by atoms with Crippen molar-refractivity contribution in [3.8, 4) is 6.01 Å². The van der Waals surface area contributed by atoms with Crippen molar-refractivity contribution in [3.05, 3.63) is 52.7 Å². The van der Waals surface area contributed by atoms with Crippen molar-refractivity contribution >= 4 is 44.9 Å². The number of ether oxygens (including phenoxy) is 4. The number of rotatable bonds is 12. The van der Waals surface area contributed by atoms with Gasteiger partial charge in [-0.15, -0.1) is 0 Å². The number of carbonyl (C=O) groups is 1. The lowest BCUT2D eigenvalue weighted by molar-refractivity contribution is 0.00687. The zero-order valence-corrected chi connectivity index (χ0v) is 29.9. The molecule has 5 rings (SSSR count). The molecule has 2 aliphatic rings. The molecule has 3 aromatic rings. The summed E-state index contributed by atoms with van der Waals surface area (Å²) in [6, 6.07) is 12.3. The average Bonchev–Trinajstić information content (AvgIpc) is 3.61. The van der Waals surface area contributed by atoms with Crippen LogP contribution in [-0.4, -0.2) is 80.9 Å². The van der Waals surface area contributed by atoms with Crippen molar-refractivity contribution in [2.24, 2.45) is 0 Å². The highest BCUT2D eigenvalue weighted by Crippen LogP contribution is 2.40. The Morgan fingerprint density at radius 1 is 1.02 bits per heavy atom. The first kappa shape index (κ1) is 33.2. The summed E-state index contributed by atoms with van der Waals surface area (Å²) in [6.45, 7) is 19.8. The van der Waals surface area contributed by atoms with E-state index in [2.05, 4.69) is 53.5 Å². The fourth-order valence-electron chi connectivity index (χ4n) is 5.11. The van der Waals surface area contributed by atoms with Crippen LogP contribution in [0.2, 0.25) is 48.8 Å². The first-order valence-corrected chi connectivity index (χ1v) is 22.4. The predicted octanol–water partition coefficient (Wildman–Crippen LogP) is 6.76. The maximum Gasteiger partial charge on any atom is 0.301 e. The zero-order valence-electron chi connectivity index (χ0n) is 27.2. The number of hydrogen-bond donors (Lipinski definition) is 0. The van der Waals surface area contributed by atoms with Gasteiger partial charge in [0.05, 0.1) is 36.5 Å². The van der Waals surface area contributed by atoms with Gasteiger partial charge in [-0.1, -0.05) is 82.3 Å². The first-order valence-electron chi connectivity index (χ1n) is 15.4. The molecule has 12 heteroatoms. The van der Waals surface area contributed by atoms with E-state index < -0.39 is 16.4 Å². The van der Waals surface area contributed by atoms with E-state index in [1.54, 1.807) is 18.2 Å². The molecule has 2 aliphatic heterocycles. The molecule has 0 amide bonds. The molecule has 2 aromatic heterocycles. The van der Waals surface area contributed by atoms with E-state index >= 15 is 0 Å². The molecule has 0 radical (unpaired) electrons. The number of Topliss-reactive ketones (excluding diaryl/α,β-unsaturated/α-hetero) is 1.